The zero-order valence-electron chi connectivity index (χ0n) is 7.38. The van der Waals surface area contributed by atoms with Gasteiger partial charge in [-0.05, 0) is 20.8 Å². The molecule has 0 atom stereocenters. The second-order valence-electron chi connectivity index (χ2n) is 3.31. The van der Waals surface area contributed by atoms with E-state index in [1.165, 1.54) is 0 Å². The summed E-state index contributed by atoms with van der Waals surface area (Å²) in [5.41, 5.74) is 5.22. The summed E-state index contributed by atoms with van der Waals surface area (Å²) in [6.07, 6.45) is 0. The molecule has 1 aliphatic heterocycles. The first-order chi connectivity index (χ1) is 5.37. The molecule has 12 heavy (non-hydrogen) atoms. The number of nitrogens with zero attached hydrogens (tertiary/aromatic N) is 2. The summed E-state index contributed by atoms with van der Waals surface area (Å²) in [7, 11) is 0. The van der Waals surface area contributed by atoms with Crippen molar-refractivity contribution in [3.8, 4) is 0 Å². The Morgan fingerprint density at radius 3 is 2.33 bits per heavy atom. The minimum Gasteiger partial charge on any atom is -0.368 e. The normalized spacial score (nSPS) is 21.1. The Kier molecular flexibility index (Phi) is 1.67. The van der Waals surface area contributed by atoms with Gasteiger partial charge in [0.15, 0.2) is 0 Å². The predicted molar refractivity (Wildman–Crippen MR) is 45.7 cm³/mol. The van der Waals surface area contributed by atoms with Crippen LogP contribution in [0.3, 0.4) is 0 Å². The van der Waals surface area contributed by atoms with E-state index in [1.807, 2.05) is 0 Å². The van der Waals surface area contributed by atoms with Crippen molar-refractivity contribution in [2.75, 3.05) is 0 Å². The van der Waals surface area contributed by atoms with Crippen LogP contribution >= 0.6 is 0 Å². The number of hydrazone groups is 1. The summed E-state index contributed by atoms with van der Waals surface area (Å²) in [5.74, 6) is -0.572. The monoisotopic (exact) mass is 168 g/mol. The Morgan fingerprint density at radius 1 is 1.67 bits per heavy atom. The van der Waals surface area contributed by atoms with Gasteiger partial charge in [0.25, 0.3) is 5.91 Å². The molecule has 0 unspecified atom stereocenters. The maximum Gasteiger partial charge on any atom is 0.261 e. The van der Waals surface area contributed by atoms with Crippen molar-refractivity contribution in [1.29, 1.82) is 5.41 Å². The number of carbonyl (C=O) groups is 1. The fourth-order valence-corrected chi connectivity index (χ4v) is 0.903. The molecule has 5 heteroatoms. The third kappa shape index (κ3) is 0.975. The van der Waals surface area contributed by atoms with Gasteiger partial charge in [-0.15, -0.1) is 0 Å². The van der Waals surface area contributed by atoms with Gasteiger partial charge >= 0.3 is 0 Å². The first-order valence-corrected chi connectivity index (χ1v) is 3.61. The van der Waals surface area contributed by atoms with Crippen molar-refractivity contribution in [3.63, 3.8) is 0 Å². The number of nitrogens with one attached hydrogen (secondary N) is 1. The summed E-state index contributed by atoms with van der Waals surface area (Å²) < 4.78 is 0. The van der Waals surface area contributed by atoms with Crippen LogP contribution in [0.4, 0.5) is 0 Å². The summed E-state index contributed by atoms with van der Waals surface area (Å²) in [6, 6.07) is 0. The highest BCUT2D eigenvalue weighted by molar-refractivity contribution is 6.15. The number of guanidine groups is 1. The molecule has 0 aliphatic carbocycles. The van der Waals surface area contributed by atoms with Crippen LogP contribution < -0.4 is 5.73 Å². The molecule has 0 aromatic heterocycles. The van der Waals surface area contributed by atoms with E-state index >= 15 is 0 Å². The average molecular weight is 168 g/mol. The molecule has 0 aromatic carbocycles. The van der Waals surface area contributed by atoms with Gasteiger partial charge in [-0.1, -0.05) is 0 Å². The van der Waals surface area contributed by atoms with Gasteiger partial charge in [0.2, 0.25) is 5.96 Å². The molecule has 0 fully saturated rings. The second-order valence-corrected chi connectivity index (χ2v) is 3.31. The van der Waals surface area contributed by atoms with Crippen LogP contribution in [-0.2, 0) is 4.79 Å². The van der Waals surface area contributed by atoms with Crippen LogP contribution in [0.1, 0.15) is 20.8 Å². The number of hydrogen-bond donors (Lipinski definition) is 2. The maximum absolute atomic E-state index is 11.5. The molecule has 0 radical (unpaired) electrons. The number of nitrogens with two attached hydrogens (primary N) is 1. The molecule has 1 amide bonds. The van der Waals surface area contributed by atoms with Crippen molar-refractivity contribution in [3.05, 3.63) is 0 Å². The van der Waals surface area contributed by atoms with Crippen molar-refractivity contribution < 1.29 is 4.79 Å². The molecule has 3 N–H and O–H groups in total. The number of amides is 1. The van der Waals surface area contributed by atoms with E-state index in [0.717, 1.165) is 5.01 Å². The van der Waals surface area contributed by atoms with Gasteiger partial charge < -0.3 is 5.73 Å². The summed E-state index contributed by atoms with van der Waals surface area (Å²) in [4.78, 5) is 11.5. The minimum atomic E-state index is -0.619. The van der Waals surface area contributed by atoms with Gasteiger partial charge in [-0.3, -0.25) is 10.2 Å². The highest BCUT2D eigenvalue weighted by Gasteiger charge is 2.42. The Bertz CT molecular complexity index is 279. The Hall–Kier alpha value is -1.39. The molecular weight excluding hydrogens is 156 g/mol. The third-order valence-electron chi connectivity index (χ3n) is 2.11. The highest BCUT2D eigenvalue weighted by Crippen LogP contribution is 2.27. The van der Waals surface area contributed by atoms with Gasteiger partial charge in [-0.2, -0.15) is 10.1 Å². The molecule has 0 saturated heterocycles. The van der Waals surface area contributed by atoms with Gasteiger partial charge in [0, 0.05) is 0 Å². The van der Waals surface area contributed by atoms with E-state index in [0.29, 0.717) is 5.71 Å². The average Bonchev–Trinajstić information content (AvgIpc) is 2.13. The molecule has 5 nitrogen and oxygen atoms in total. The summed E-state index contributed by atoms with van der Waals surface area (Å²) in [6.45, 7) is 5.27. The largest absolute Gasteiger partial charge is 0.368 e. The van der Waals surface area contributed by atoms with Crippen molar-refractivity contribution in [1.82, 2.24) is 5.01 Å². The summed E-state index contributed by atoms with van der Waals surface area (Å²) in [5, 5.41) is 11.9. The van der Waals surface area contributed by atoms with E-state index in [-0.39, 0.29) is 11.9 Å². The van der Waals surface area contributed by atoms with Crippen LogP contribution in [0.5, 0.6) is 0 Å². The first-order valence-electron chi connectivity index (χ1n) is 3.61. The molecule has 0 aromatic rings. The first kappa shape index (κ1) is 8.70. The van der Waals surface area contributed by atoms with Crippen LogP contribution in [0.15, 0.2) is 5.10 Å². The maximum atomic E-state index is 11.5. The predicted octanol–water partition coefficient (Wildman–Crippen LogP) is 0.124. The minimum absolute atomic E-state index is 0.243. The van der Waals surface area contributed by atoms with Crippen molar-refractivity contribution in [2.24, 2.45) is 16.3 Å². The second kappa shape index (κ2) is 2.30. The Morgan fingerprint density at radius 2 is 2.17 bits per heavy atom. The SMILES string of the molecule is CC1=NN(C(=N)N)C(=O)C1(C)C. The van der Waals surface area contributed by atoms with E-state index in [4.69, 9.17) is 11.1 Å². The zero-order valence-corrected chi connectivity index (χ0v) is 7.38. The molecule has 1 rings (SSSR count). The lowest BCUT2D eigenvalue weighted by Gasteiger charge is -2.16. The zero-order chi connectivity index (χ0) is 9.52. The molecule has 66 valence electrons. The van der Waals surface area contributed by atoms with Gasteiger partial charge in [-0.25, -0.2) is 0 Å². The topological polar surface area (TPSA) is 82.5 Å². The molecule has 1 heterocycles. The van der Waals surface area contributed by atoms with E-state index in [9.17, 15) is 4.79 Å². The Balaban J connectivity index is 3.04. The van der Waals surface area contributed by atoms with Crippen molar-refractivity contribution in [2.45, 2.75) is 20.8 Å². The standard InChI is InChI=1S/C7H12N4O/c1-4-7(2,3)5(12)11(10-4)6(8)9/h1-3H3,(H3,8,9). The lowest BCUT2D eigenvalue weighted by molar-refractivity contribution is -0.131. The lowest BCUT2D eigenvalue weighted by atomic mass is 9.88. The van der Waals surface area contributed by atoms with E-state index < -0.39 is 5.41 Å². The highest BCUT2D eigenvalue weighted by atomic mass is 16.2. The molecular formula is C7H12N4O. The van der Waals surface area contributed by atoms with Crippen molar-refractivity contribution >= 4 is 17.6 Å². The smallest absolute Gasteiger partial charge is 0.261 e. The Labute approximate surface area is 70.7 Å². The molecule has 1 aliphatic rings. The van der Waals surface area contributed by atoms with Crippen LogP contribution in [0.2, 0.25) is 0 Å². The fourth-order valence-electron chi connectivity index (χ4n) is 0.903. The van der Waals surface area contributed by atoms with Crippen LogP contribution in [-0.4, -0.2) is 22.6 Å². The lowest BCUT2D eigenvalue weighted by Crippen LogP contribution is -2.40. The number of rotatable bonds is 0. The summed E-state index contributed by atoms with van der Waals surface area (Å²) >= 11 is 0. The third-order valence-corrected chi connectivity index (χ3v) is 2.11. The molecule has 0 bridgehead atoms. The van der Waals surface area contributed by atoms with E-state index in [1.54, 1.807) is 20.8 Å². The van der Waals surface area contributed by atoms with E-state index in [2.05, 4.69) is 5.10 Å². The number of hydrogen-bond acceptors (Lipinski definition) is 3. The van der Waals surface area contributed by atoms with Gasteiger partial charge in [0.1, 0.15) is 0 Å². The van der Waals surface area contributed by atoms with Gasteiger partial charge in [0.05, 0.1) is 11.1 Å². The van der Waals surface area contributed by atoms with Crippen LogP contribution in [0, 0.1) is 10.8 Å². The fraction of sp³-hybridized carbons (Fsp3) is 0.571. The number of carbonyl (C=O) groups excluding carboxylic acids is 1. The quantitative estimate of drug-likeness (QED) is 0.398. The molecule has 0 spiro atoms. The molecule has 0 saturated carbocycles. The van der Waals surface area contributed by atoms with Crippen LogP contribution in [0.25, 0.3) is 0 Å².